The van der Waals surface area contributed by atoms with Crippen molar-refractivity contribution in [2.24, 2.45) is 0 Å². The molecular formula is C26H24N2O5S2. The molecule has 1 aliphatic heterocycles. The van der Waals surface area contributed by atoms with Gasteiger partial charge in [0.05, 0.1) is 18.1 Å². The van der Waals surface area contributed by atoms with Gasteiger partial charge >= 0.3 is 0 Å². The predicted molar refractivity (Wildman–Crippen MR) is 133 cm³/mol. The summed E-state index contributed by atoms with van der Waals surface area (Å²) in [5, 5.41) is 4.69. The standard InChI is InChI=1S/C26H24N2O5S2/c1-18-7-9-19(10-8-18)24-15-23(27-33-24)26(29)28(20-13-14-35(30,31)17-20)16-21-11-12-25(32-21)34-22-5-3-2-4-6-22/h2-12,15,20H,13-14,16-17H2,1H3/t20-/m1/s1. The van der Waals surface area contributed by atoms with E-state index in [1.807, 2.05) is 73.7 Å². The Labute approximate surface area is 208 Å². The molecule has 1 aliphatic rings. The van der Waals surface area contributed by atoms with Gasteiger partial charge in [-0.15, -0.1) is 0 Å². The van der Waals surface area contributed by atoms with E-state index in [9.17, 15) is 13.2 Å². The number of benzene rings is 2. The van der Waals surface area contributed by atoms with Gasteiger partial charge in [0.25, 0.3) is 5.91 Å². The molecule has 7 nitrogen and oxygen atoms in total. The van der Waals surface area contributed by atoms with Crippen molar-refractivity contribution in [1.29, 1.82) is 0 Å². The highest BCUT2D eigenvalue weighted by Gasteiger charge is 2.36. The predicted octanol–water partition coefficient (Wildman–Crippen LogP) is 5.22. The van der Waals surface area contributed by atoms with Crippen molar-refractivity contribution in [3.63, 3.8) is 0 Å². The summed E-state index contributed by atoms with van der Waals surface area (Å²) >= 11 is 1.48. The maximum absolute atomic E-state index is 13.5. The lowest BCUT2D eigenvalue weighted by Crippen LogP contribution is -2.40. The van der Waals surface area contributed by atoms with Gasteiger partial charge in [-0.05, 0) is 37.6 Å². The van der Waals surface area contributed by atoms with E-state index in [0.717, 1.165) is 16.0 Å². The fourth-order valence-electron chi connectivity index (χ4n) is 4.04. The van der Waals surface area contributed by atoms with E-state index in [2.05, 4.69) is 5.16 Å². The van der Waals surface area contributed by atoms with E-state index in [1.165, 1.54) is 16.7 Å². The highest BCUT2D eigenvalue weighted by atomic mass is 32.2. The molecule has 3 heterocycles. The summed E-state index contributed by atoms with van der Waals surface area (Å²) in [5.41, 5.74) is 2.06. The number of sulfone groups is 1. The molecule has 35 heavy (non-hydrogen) atoms. The highest BCUT2D eigenvalue weighted by Crippen LogP contribution is 2.31. The molecule has 9 heteroatoms. The Balaban J connectivity index is 1.38. The monoisotopic (exact) mass is 508 g/mol. The molecule has 2 aromatic carbocycles. The first-order valence-corrected chi connectivity index (χ1v) is 13.9. The third-order valence-corrected chi connectivity index (χ3v) is 8.58. The van der Waals surface area contributed by atoms with Gasteiger partial charge in [-0.2, -0.15) is 0 Å². The van der Waals surface area contributed by atoms with Crippen LogP contribution < -0.4 is 0 Å². The van der Waals surface area contributed by atoms with Crippen LogP contribution in [-0.4, -0.2) is 41.9 Å². The summed E-state index contributed by atoms with van der Waals surface area (Å²) in [7, 11) is -3.20. The Morgan fingerprint density at radius 2 is 1.86 bits per heavy atom. The third kappa shape index (κ3) is 5.52. The van der Waals surface area contributed by atoms with Gasteiger partial charge in [0.2, 0.25) is 0 Å². The Bertz CT molecular complexity index is 1430. The Morgan fingerprint density at radius 1 is 1.09 bits per heavy atom. The van der Waals surface area contributed by atoms with E-state index >= 15 is 0 Å². The number of amides is 1. The molecule has 5 rings (SSSR count). The Morgan fingerprint density at radius 3 is 2.57 bits per heavy atom. The Hall–Kier alpha value is -3.30. The second-order valence-corrected chi connectivity index (χ2v) is 11.9. The molecule has 0 unspecified atom stereocenters. The molecule has 0 saturated carbocycles. The number of aryl methyl sites for hydroxylation is 1. The molecule has 0 spiro atoms. The van der Waals surface area contributed by atoms with E-state index in [0.29, 0.717) is 23.0 Å². The van der Waals surface area contributed by atoms with Crippen LogP contribution in [0.25, 0.3) is 11.3 Å². The van der Waals surface area contributed by atoms with Crippen LogP contribution in [0.2, 0.25) is 0 Å². The lowest BCUT2D eigenvalue weighted by molar-refractivity contribution is 0.0653. The van der Waals surface area contributed by atoms with Crippen LogP contribution in [0.5, 0.6) is 0 Å². The van der Waals surface area contributed by atoms with Gasteiger partial charge in [-0.1, -0.05) is 64.9 Å². The highest BCUT2D eigenvalue weighted by molar-refractivity contribution is 7.99. The first-order valence-electron chi connectivity index (χ1n) is 11.2. The van der Waals surface area contributed by atoms with Gasteiger partial charge in [0, 0.05) is 22.6 Å². The number of carbonyl (C=O) groups is 1. The number of aromatic nitrogens is 1. The van der Waals surface area contributed by atoms with Crippen LogP contribution in [0.1, 0.15) is 28.2 Å². The zero-order chi connectivity index (χ0) is 24.4. The summed E-state index contributed by atoms with van der Waals surface area (Å²) in [4.78, 5) is 16.1. The molecule has 0 N–H and O–H groups in total. The topological polar surface area (TPSA) is 93.6 Å². The molecule has 4 aromatic rings. The van der Waals surface area contributed by atoms with E-state index in [1.54, 1.807) is 6.07 Å². The van der Waals surface area contributed by atoms with E-state index in [4.69, 9.17) is 8.94 Å². The fraction of sp³-hybridized carbons (Fsp3) is 0.231. The van der Waals surface area contributed by atoms with Crippen LogP contribution >= 0.6 is 11.8 Å². The number of rotatable bonds is 7. The van der Waals surface area contributed by atoms with Crippen molar-refractivity contribution in [2.75, 3.05) is 11.5 Å². The zero-order valence-corrected chi connectivity index (χ0v) is 20.7. The van der Waals surface area contributed by atoms with Crippen LogP contribution in [0, 0.1) is 6.92 Å². The minimum atomic E-state index is -3.20. The second-order valence-electron chi connectivity index (χ2n) is 8.57. The molecule has 1 amide bonds. The number of carbonyl (C=O) groups excluding carboxylic acids is 1. The summed E-state index contributed by atoms with van der Waals surface area (Å²) in [6.45, 7) is 2.13. The van der Waals surface area contributed by atoms with Crippen LogP contribution in [-0.2, 0) is 16.4 Å². The Kier molecular flexibility index (Phi) is 6.53. The quantitative estimate of drug-likeness (QED) is 0.338. The van der Waals surface area contributed by atoms with Gasteiger partial charge in [0.15, 0.2) is 26.4 Å². The molecule has 1 atom stereocenters. The van der Waals surface area contributed by atoms with Crippen molar-refractivity contribution in [3.8, 4) is 11.3 Å². The van der Waals surface area contributed by atoms with Gasteiger partial charge in [-0.25, -0.2) is 8.42 Å². The van der Waals surface area contributed by atoms with Crippen LogP contribution in [0.3, 0.4) is 0 Å². The average molecular weight is 509 g/mol. The van der Waals surface area contributed by atoms with Crippen molar-refractivity contribution in [3.05, 3.63) is 89.8 Å². The van der Waals surface area contributed by atoms with Crippen LogP contribution in [0.15, 0.2) is 91.7 Å². The molecule has 0 aliphatic carbocycles. The van der Waals surface area contributed by atoms with Crippen molar-refractivity contribution >= 4 is 27.5 Å². The third-order valence-electron chi connectivity index (χ3n) is 5.90. The minimum absolute atomic E-state index is 0.0577. The zero-order valence-electron chi connectivity index (χ0n) is 19.1. The summed E-state index contributed by atoms with van der Waals surface area (Å²) < 4.78 is 35.8. The molecule has 0 bridgehead atoms. The van der Waals surface area contributed by atoms with Crippen molar-refractivity contribution in [2.45, 2.75) is 35.9 Å². The molecule has 1 fully saturated rings. The van der Waals surface area contributed by atoms with E-state index < -0.39 is 15.9 Å². The first-order chi connectivity index (χ1) is 16.9. The largest absolute Gasteiger partial charge is 0.453 e. The van der Waals surface area contributed by atoms with Gasteiger partial charge in [-0.3, -0.25) is 4.79 Å². The number of furan rings is 1. The van der Waals surface area contributed by atoms with Crippen molar-refractivity contribution < 1.29 is 22.2 Å². The van der Waals surface area contributed by atoms with Crippen LogP contribution in [0.4, 0.5) is 0 Å². The maximum Gasteiger partial charge on any atom is 0.276 e. The number of hydrogen-bond donors (Lipinski definition) is 0. The van der Waals surface area contributed by atoms with E-state index in [-0.39, 0.29) is 29.7 Å². The summed E-state index contributed by atoms with van der Waals surface area (Å²) in [6, 6.07) is 22.4. The molecular weight excluding hydrogens is 484 g/mol. The summed E-state index contributed by atoms with van der Waals surface area (Å²) in [6.07, 6.45) is 0.378. The SMILES string of the molecule is Cc1ccc(-c2cc(C(=O)N(Cc3ccc(Sc4ccccc4)o3)[C@@H]3CCS(=O)(=O)C3)no2)cc1. The van der Waals surface area contributed by atoms with Gasteiger partial charge < -0.3 is 13.8 Å². The number of nitrogens with zero attached hydrogens (tertiary/aromatic N) is 2. The summed E-state index contributed by atoms with van der Waals surface area (Å²) in [5.74, 6) is 0.647. The first kappa shape index (κ1) is 23.4. The molecule has 2 aromatic heterocycles. The lowest BCUT2D eigenvalue weighted by Gasteiger charge is -2.26. The fourth-order valence-corrected chi connectivity index (χ4v) is 6.58. The average Bonchev–Trinajstić information content (AvgIpc) is 3.58. The second kappa shape index (κ2) is 9.75. The molecule has 1 saturated heterocycles. The smallest absolute Gasteiger partial charge is 0.276 e. The lowest BCUT2D eigenvalue weighted by atomic mass is 10.1. The molecule has 0 radical (unpaired) electrons. The number of hydrogen-bond acceptors (Lipinski definition) is 7. The van der Waals surface area contributed by atoms with Crippen molar-refractivity contribution in [1.82, 2.24) is 10.1 Å². The molecule has 180 valence electrons. The maximum atomic E-state index is 13.5. The van der Waals surface area contributed by atoms with Gasteiger partial charge in [0.1, 0.15) is 5.76 Å². The normalized spacial score (nSPS) is 16.9. The minimum Gasteiger partial charge on any atom is -0.453 e.